The predicted molar refractivity (Wildman–Crippen MR) is 65.7 cm³/mol. The van der Waals surface area contributed by atoms with Crippen LogP contribution >= 0.6 is 0 Å². The number of rotatable bonds is 6. The van der Waals surface area contributed by atoms with Crippen LogP contribution in [0.25, 0.3) is 11.4 Å². The second-order valence-corrected chi connectivity index (χ2v) is 3.71. The fourth-order valence-electron chi connectivity index (χ4n) is 1.54. The average molecular weight is 266 g/mol. The number of halogens is 1. The van der Waals surface area contributed by atoms with Crippen molar-refractivity contribution >= 4 is 0 Å². The maximum atomic E-state index is 12.8. The van der Waals surface area contributed by atoms with Crippen LogP contribution in [0, 0.1) is 5.82 Å². The van der Waals surface area contributed by atoms with Crippen LogP contribution in [0.1, 0.15) is 26.0 Å². The van der Waals surface area contributed by atoms with E-state index in [0.29, 0.717) is 24.6 Å². The number of hydrogen-bond acceptors (Lipinski definition) is 5. The van der Waals surface area contributed by atoms with Gasteiger partial charge >= 0.3 is 0 Å². The summed E-state index contributed by atoms with van der Waals surface area (Å²) in [5.74, 6) is 0.316. The molecule has 0 aliphatic carbocycles. The molecular formula is C13H15FN2O3. The molecule has 0 bridgehead atoms. The lowest BCUT2D eigenvalue weighted by Crippen LogP contribution is -2.09. The molecule has 19 heavy (non-hydrogen) atoms. The van der Waals surface area contributed by atoms with Crippen LogP contribution in [0.2, 0.25) is 0 Å². The van der Waals surface area contributed by atoms with E-state index >= 15 is 0 Å². The zero-order chi connectivity index (χ0) is 13.7. The number of benzene rings is 1. The molecule has 0 saturated carbocycles. The van der Waals surface area contributed by atoms with Crippen molar-refractivity contribution in [3.63, 3.8) is 0 Å². The van der Waals surface area contributed by atoms with Gasteiger partial charge in [-0.3, -0.25) is 0 Å². The number of hydrogen-bond donors (Lipinski definition) is 0. The van der Waals surface area contributed by atoms with Crippen molar-refractivity contribution in [2.45, 2.75) is 20.1 Å². The third kappa shape index (κ3) is 3.36. The van der Waals surface area contributed by atoms with Gasteiger partial charge in [-0.15, -0.1) is 0 Å². The van der Waals surface area contributed by atoms with Crippen molar-refractivity contribution in [1.82, 2.24) is 10.1 Å². The molecule has 1 heterocycles. The molecule has 0 saturated heterocycles. The molecule has 0 atom stereocenters. The first-order valence-corrected chi connectivity index (χ1v) is 6.07. The Kier molecular flexibility index (Phi) is 4.59. The van der Waals surface area contributed by atoms with Gasteiger partial charge in [0.15, 0.2) is 0 Å². The van der Waals surface area contributed by atoms with E-state index in [1.807, 2.05) is 13.8 Å². The fraction of sp³-hybridized carbons (Fsp3) is 0.385. The topological polar surface area (TPSA) is 57.4 Å². The quantitative estimate of drug-likeness (QED) is 0.752. The minimum atomic E-state index is -0.670. The van der Waals surface area contributed by atoms with Gasteiger partial charge in [0.25, 0.3) is 5.89 Å². The molecule has 0 unspecified atom stereocenters. The molecule has 0 aliphatic rings. The summed E-state index contributed by atoms with van der Waals surface area (Å²) >= 11 is 0. The maximum Gasteiger partial charge on any atom is 0.283 e. The monoisotopic (exact) mass is 266 g/mol. The Balaban J connectivity index is 2.19. The Morgan fingerprint density at radius 1 is 1.16 bits per heavy atom. The molecule has 5 nitrogen and oxygen atoms in total. The van der Waals surface area contributed by atoms with Crippen molar-refractivity contribution < 1.29 is 18.4 Å². The minimum absolute atomic E-state index is 0.253. The van der Waals surface area contributed by atoms with E-state index in [4.69, 9.17) is 14.0 Å². The minimum Gasteiger partial charge on any atom is -0.345 e. The maximum absolute atomic E-state index is 12.8. The van der Waals surface area contributed by atoms with Crippen LogP contribution < -0.4 is 0 Å². The van der Waals surface area contributed by atoms with Gasteiger partial charge in [-0.2, -0.15) is 4.98 Å². The highest BCUT2D eigenvalue weighted by molar-refractivity contribution is 5.53. The van der Waals surface area contributed by atoms with Crippen molar-refractivity contribution in [3.8, 4) is 11.4 Å². The molecule has 102 valence electrons. The Labute approximate surface area is 110 Å². The molecule has 0 amide bonds. The average Bonchev–Trinajstić information content (AvgIpc) is 2.89. The fourth-order valence-corrected chi connectivity index (χ4v) is 1.54. The van der Waals surface area contributed by atoms with Crippen molar-refractivity contribution in [1.29, 1.82) is 0 Å². The standard InChI is InChI=1S/C13H15FN2O3/c1-3-17-13(18-4-2)12-15-11(16-19-12)9-5-7-10(14)8-6-9/h5-8,13H,3-4H2,1-2H3. The van der Waals surface area contributed by atoms with Crippen LogP contribution in [0.15, 0.2) is 28.8 Å². The highest BCUT2D eigenvalue weighted by Crippen LogP contribution is 2.21. The summed E-state index contributed by atoms with van der Waals surface area (Å²) in [6.45, 7) is 4.64. The summed E-state index contributed by atoms with van der Waals surface area (Å²) in [4.78, 5) is 4.20. The van der Waals surface area contributed by atoms with Crippen LogP contribution in [0.5, 0.6) is 0 Å². The Bertz CT molecular complexity index is 507. The largest absolute Gasteiger partial charge is 0.345 e. The van der Waals surface area contributed by atoms with E-state index in [0.717, 1.165) is 0 Å². The van der Waals surface area contributed by atoms with Crippen molar-refractivity contribution in [3.05, 3.63) is 36.0 Å². The first-order chi connectivity index (χ1) is 9.24. The lowest BCUT2D eigenvalue weighted by molar-refractivity contribution is -0.155. The van der Waals surface area contributed by atoms with E-state index < -0.39 is 6.29 Å². The smallest absolute Gasteiger partial charge is 0.283 e. The van der Waals surface area contributed by atoms with E-state index in [9.17, 15) is 4.39 Å². The van der Waals surface area contributed by atoms with E-state index in [1.165, 1.54) is 12.1 Å². The normalized spacial score (nSPS) is 11.2. The number of aromatic nitrogens is 2. The zero-order valence-electron chi connectivity index (χ0n) is 10.8. The lowest BCUT2D eigenvalue weighted by Gasteiger charge is -2.11. The second kappa shape index (κ2) is 6.40. The lowest BCUT2D eigenvalue weighted by atomic mass is 10.2. The van der Waals surface area contributed by atoms with Gasteiger partial charge in [0, 0.05) is 18.8 Å². The highest BCUT2D eigenvalue weighted by atomic mass is 19.1. The third-order valence-electron chi connectivity index (χ3n) is 2.38. The molecule has 1 aromatic heterocycles. The molecule has 2 rings (SSSR count). The first kappa shape index (κ1) is 13.6. The third-order valence-corrected chi connectivity index (χ3v) is 2.38. The molecule has 6 heteroatoms. The Morgan fingerprint density at radius 3 is 2.37 bits per heavy atom. The summed E-state index contributed by atoms with van der Waals surface area (Å²) in [6.07, 6.45) is -0.670. The zero-order valence-corrected chi connectivity index (χ0v) is 10.8. The summed E-state index contributed by atoms with van der Waals surface area (Å²) in [7, 11) is 0. The van der Waals surface area contributed by atoms with Crippen molar-refractivity contribution in [2.24, 2.45) is 0 Å². The summed E-state index contributed by atoms with van der Waals surface area (Å²) in [5.41, 5.74) is 0.670. The molecular weight excluding hydrogens is 251 g/mol. The highest BCUT2D eigenvalue weighted by Gasteiger charge is 2.20. The molecule has 1 aromatic carbocycles. The van der Waals surface area contributed by atoms with Gasteiger partial charge in [-0.1, -0.05) is 5.16 Å². The Hall–Kier alpha value is -1.79. The number of nitrogens with zero attached hydrogens (tertiary/aromatic N) is 2. The summed E-state index contributed by atoms with van der Waals surface area (Å²) < 4.78 is 28.7. The van der Waals surface area contributed by atoms with Crippen molar-refractivity contribution in [2.75, 3.05) is 13.2 Å². The van der Waals surface area contributed by atoms with Crippen LogP contribution in [-0.4, -0.2) is 23.4 Å². The van der Waals surface area contributed by atoms with Crippen LogP contribution in [-0.2, 0) is 9.47 Å². The van der Waals surface area contributed by atoms with Gasteiger partial charge in [0.05, 0.1) is 0 Å². The summed E-state index contributed by atoms with van der Waals surface area (Å²) in [5, 5.41) is 3.83. The van der Waals surface area contributed by atoms with E-state index in [-0.39, 0.29) is 11.7 Å². The van der Waals surface area contributed by atoms with Gasteiger partial charge in [-0.05, 0) is 38.1 Å². The first-order valence-electron chi connectivity index (χ1n) is 6.07. The van der Waals surface area contributed by atoms with Gasteiger partial charge in [-0.25, -0.2) is 4.39 Å². The van der Waals surface area contributed by atoms with Gasteiger partial charge in [0.2, 0.25) is 12.1 Å². The van der Waals surface area contributed by atoms with Gasteiger partial charge in [0.1, 0.15) is 5.82 Å². The molecule has 0 N–H and O–H groups in total. The molecule has 0 spiro atoms. The van der Waals surface area contributed by atoms with Crippen LogP contribution in [0.3, 0.4) is 0 Å². The molecule has 2 aromatic rings. The van der Waals surface area contributed by atoms with E-state index in [2.05, 4.69) is 10.1 Å². The van der Waals surface area contributed by atoms with Crippen LogP contribution in [0.4, 0.5) is 4.39 Å². The molecule has 0 fully saturated rings. The predicted octanol–water partition coefficient (Wildman–Crippen LogP) is 2.95. The van der Waals surface area contributed by atoms with E-state index in [1.54, 1.807) is 12.1 Å². The summed E-state index contributed by atoms with van der Waals surface area (Å²) in [6, 6.07) is 5.85. The second-order valence-electron chi connectivity index (χ2n) is 3.71. The molecule has 0 aliphatic heterocycles. The SMILES string of the molecule is CCOC(OCC)c1nc(-c2ccc(F)cc2)no1. The Morgan fingerprint density at radius 2 is 1.79 bits per heavy atom. The molecule has 0 radical (unpaired) electrons. The number of ether oxygens (including phenoxy) is 2. The van der Waals surface area contributed by atoms with Gasteiger partial charge < -0.3 is 14.0 Å².